The van der Waals surface area contributed by atoms with Gasteiger partial charge in [-0.05, 0) is 20.4 Å². The molecule has 7 nitrogen and oxygen atoms in total. The second-order valence-electron chi connectivity index (χ2n) is 4.39. The molecule has 0 amide bonds. The molecule has 92 valence electrons. The molecular weight excluding hydrogens is 220 g/mol. The Hall–Kier alpha value is -1.89. The maximum absolute atomic E-state index is 11.6. The lowest BCUT2D eigenvalue weighted by Gasteiger charge is -2.22. The molecule has 0 saturated carbocycles. The Kier molecular flexibility index (Phi) is 2.62. The van der Waals surface area contributed by atoms with Crippen LogP contribution in [0.1, 0.15) is 26.6 Å². The van der Waals surface area contributed by atoms with Crippen LogP contribution in [0.25, 0.3) is 11.2 Å². The van der Waals surface area contributed by atoms with Crippen LogP contribution in [-0.4, -0.2) is 26.5 Å². The van der Waals surface area contributed by atoms with Gasteiger partial charge < -0.3 is 16.0 Å². The van der Waals surface area contributed by atoms with Crippen molar-refractivity contribution in [2.24, 2.45) is 0 Å². The average Bonchev–Trinajstić information content (AvgIpc) is 2.62. The third-order valence-electron chi connectivity index (χ3n) is 2.59. The number of aromatic amines is 2. The molecule has 0 bridgehead atoms. The largest absolute Gasteiger partial charge is 0.369 e. The maximum atomic E-state index is 11.6. The van der Waals surface area contributed by atoms with Crippen molar-refractivity contribution in [1.29, 1.82) is 0 Å². The molecule has 7 heteroatoms. The van der Waals surface area contributed by atoms with Gasteiger partial charge in [0.1, 0.15) is 5.82 Å². The fraction of sp³-hybridized carbons (Fsp3) is 0.500. The summed E-state index contributed by atoms with van der Waals surface area (Å²) in [5.41, 5.74) is 5.50. The Morgan fingerprint density at radius 3 is 2.71 bits per heavy atom. The van der Waals surface area contributed by atoms with E-state index in [9.17, 15) is 4.79 Å². The quantitative estimate of drug-likeness (QED) is 0.602. The van der Waals surface area contributed by atoms with Crippen molar-refractivity contribution < 1.29 is 0 Å². The van der Waals surface area contributed by atoms with Gasteiger partial charge in [0.2, 0.25) is 5.95 Å². The number of nitrogen functional groups attached to an aromatic ring is 1. The number of hydrogen-bond acceptors (Lipinski definition) is 5. The van der Waals surface area contributed by atoms with Gasteiger partial charge >= 0.3 is 0 Å². The van der Waals surface area contributed by atoms with E-state index < -0.39 is 0 Å². The molecule has 2 aromatic heterocycles. The molecule has 17 heavy (non-hydrogen) atoms. The molecule has 2 aromatic rings. The first kappa shape index (κ1) is 11.6. The van der Waals surface area contributed by atoms with Gasteiger partial charge in [-0.3, -0.25) is 9.78 Å². The fourth-order valence-corrected chi connectivity index (χ4v) is 1.75. The molecule has 0 fully saturated rings. The van der Waals surface area contributed by atoms with Crippen LogP contribution in [0.15, 0.2) is 4.79 Å². The Morgan fingerprint density at radius 2 is 2.06 bits per heavy atom. The number of nitrogens with zero attached hydrogens (tertiary/aromatic N) is 2. The van der Waals surface area contributed by atoms with Crippen LogP contribution in [0.5, 0.6) is 0 Å². The number of imidazole rings is 1. The highest BCUT2D eigenvalue weighted by molar-refractivity contribution is 5.70. The first-order valence-electron chi connectivity index (χ1n) is 5.45. The summed E-state index contributed by atoms with van der Waals surface area (Å²) < 4.78 is 0. The third-order valence-corrected chi connectivity index (χ3v) is 2.59. The molecule has 0 aliphatic carbocycles. The molecule has 0 aliphatic heterocycles. The van der Waals surface area contributed by atoms with Gasteiger partial charge in [0.15, 0.2) is 11.2 Å². The number of fused-ring (bicyclic) bond motifs is 1. The van der Waals surface area contributed by atoms with E-state index in [1.807, 2.05) is 20.8 Å². The number of H-pyrrole nitrogens is 2. The van der Waals surface area contributed by atoms with E-state index in [-0.39, 0.29) is 17.0 Å². The minimum absolute atomic E-state index is 0.0711. The predicted molar refractivity (Wildman–Crippen MR) is 65.6 cm³/mol. The van der Waals surface area contributed by atoms with Gasteiger partial charge in [0.25, 0.3) is 5.56 Å². The summed E-state index contributed by atoms with van der Waals surface area (Å²) in [5.74, 6) is 0.736. The second kappa shape index (κ2) is 3.85. The van der Waals surface area contributed by atoms with Crippen LogP contribution in [0, 0.1) is 0 Å². The Morgan fingerprint density at radius 1 is 1.35 bits per heavy atom. The van der Waals surface area contributed by atoms with E-state index in [1.54, 1.807) is 0 Å². The molecule has 0 saturated heterocycles. The molecule has 2 rings (SSSR count). The monoisotopic (exact) mass is 236 g/mol. The molecule has 0 spiro atoms. The Bertz CT molecular complexity index is 596. The van der Waals surface area contributed by atoms with Crippen molar-refractivity contribution in [3.63, 3.8) is 0 Å². The van der Waals surface area contributed by atoms with E-state index in [0.29, 0.717) is 17.0 Å². The summed E-state index contributed by atoms with van der Waals surface area (Å²) in [6, 6.07) is 0. The lowest BCUT2D eigenvalue weighted by atomic mass is 10.1. The number of hydrogen-bond donors (Lipinski definition) is 4. The normalized spacial score (nSPS) is 12.2. The molecule has 5 N–H and O–H groups in total. The summed E-state index contributed by atoms with van der Waals surface area (Å²) >= 11 is 0. The van der Waals surface area contributed by atoms with Crippen LogP contribution in [0.4, 0.5) is 5.95 Å². The van der Waals surface area contributed by atoms with Gasteiger partial charge in [-0.25, -0.2) is 4.98 Å². The van der Waals surface area contributed by atoms with Gasteiger partial charge in [0, 0.05) is 0 Å². The van der Waals surface area contributed by atoms with E-state index >= 15 is 0 Å². The van der Waals surface area contributed by atoms with E-state index in [4.69, 9.17) is 5.73 Å². The zero-order valence-electron chi connectivity index (χ0n) is 10.1. The third kappa shape index (κ3) is 2.01. The molecule has 0 aliphatic rings. The van der Waals surface area contributed by atoms with Gasteiger partial charge in [-0.2, -0.15) is 4.98 Å². The minimum atomic E-state index is -0.351. The topological polar surface area (TPSA) is 112 Å². The molecular formula is C10H16N6O. The van der Waals surface area contributed by atoms with Crippen molar-refractivity contribution in [2.75, 3.05) is 12.3 Å². The van der Waals surface area contributed by atoms with E-state index in [2.05, 4.69) is 25.3 Å². The van der Waals surface area contributed by atoms with Crippen LogP contribution in [0.3, 0.4) is 0 Å². The van der Waals surface area contributed by atoms with Crippen LogP contribution in [-0.2, 0) is 5.54 Å². The average molecular weight is 236 g/mol. The summed E-state index contributed by atoms with van der Waals surface area (Å²) in [5, 5.41) is 3.27. The predicted octanol–water partition coefficient (Wildman–Crippen LogP) is 0.0730. The van der Waals surface area contributed by atoms with Crippen molar-refractivity contribution in [2.45, 2.75) is 26.3 Å². The Labute approximate surface area is 97.9 Å². The number of aromatic nitrogens is 4. The lowest BCUT2D eigenvalue weighted by Crippen LogP contribution is -2.37. The first-order chi connectivity index (χ1) is 7.94. The van der Waals surface area contributed by atoms with Crippen molar-refractivity contribution in [3.05, 3.63) is 16.2 Å². The molecule has 0 radical (unpaired) electrons. The summed E-state index contributed by atoms with van der Waals surface area (Å²) in [6.07, 6.45) is 0. The summed E-state index contributed by atoms with van der Waals surface area (Å²) in [6.45, 7) is 6.76. The highest BCUT2D eigenvalue weighted by Gasteiger charge is 2.24. The van der Waals surface area contributed by atoms with Crippen molar-refractivity contribution in [1.82, 2.24) is 25.3 Å². The second-order valence-corrected chi connectivity index (χ2v) is 4.39. The fourth-order valence-electron chi connectivity index (χ4n) is 1.75. The maximum Gasteiger partial charge on any atom is 0.278 e. The van der Waals surface area contributed by atoms with Crippen LogP contribution >= 0.6 is 0 Å². The van der Waals surface area contributed by atoms with E-state index in [0.717, 1.165) is 6.54 Å². The smallest absolute Gasteiger partial charge is 0.278 e. The number of nitrogens with two attached hydrogens (primary N) is 1. The molecule has 0 atom stereocenters. The first-order valence-corrected chi connectivity index (χ1v) is 5.45. The van der Waals surface area contributed by atoms with E-state index in [1.165, 1.54) is 0 Å². The summed E-state index contributed by atoms with van der Waals surface area (Å²) in [7, 11) is 0. The van der Waals surface area contributed by atoms with Crippen molar-refractivity contribution >= 4 is 17.1 Å². The van der Waals surface area contributed by atoms with Crippen LogP contribution in [0.2, 0.25) is 0 Å². The zero-order valence-corrected chi connectivity index (χ0v) is 10.1. The highest BCUT2D eigenvalue weighted by Crippen LogP contribution is 2.18. The Balaban J connectivity index is 2.59. The molecule has 0 aromatic carbocycles. The van der Waals surface area contributed by atoms with Gasteiger partial charge in [-0.15, -0.1) is 0 Å². The molecule has 2 heterocycles. The number of anilines is 1. The van der Waals surface area contributed by atoms with Gasteiger partial charge in [-0.1, -0.05) is 6.92 Å². The summed E-state index contributed by atoms with van der Waals surface area (Å²) in [4.78, 5) is 25.3. The zero-order chi connectivity index (χ0) is 12.6. The molecule has 0 unspecified atom stereocenters. The highest BCUT2D eigenvalue weighted by atomic mass is 16.1. The van der Waals surface area contributed by atoms with Crippen molar-refractivity contribution in [3.8, 4) is 0 Å². The van der Waals surface area contributed by atoms with Gasteiger partial charge in [0.05, 0.1) is 5.54 Å². The number of nitrogens with one attached hydrogen (secondary N) is 3. The lowest BCUT2D eigenvalue weighted by molar-refractivity contribution is 0.395. The standard InChI is InChI=1S/C10H16N6O/c1-4-12-10(2,3)8-13-5-6(14-8)15-9(11)16-7(5)17/h12H,4H2,1-3H3,(H4,11,13,14,15,16,17). The van der Waals surface area contributed by atoms with Crippen LogP contribution < -0.4 is 16.6 Å². The minimum Gasteiger partial charge on any atom is -0.369 e. The number of rotatable bonds is 3. The SMILES string of the molecule is CCNC(C)(C)c1nc2nc(N)[nH]c(=O)c2[nH]1.